The van der Waals surface area contributed by atoms with E-state index in [9.17, 15) is 13.2 Å². The number of hydrogen-bond donors (Lipinski definition) is 1. The van der Waals surface area contributed by atoms with Crippen molar-refractivity contribution in [2.75, 3.05) is 21.1 Å². The zero-order chi connectivity index (χ0) is 12.6. The predicted molar refractivity (Wildman–Crippen MR) is 59.0 cm³/mol. The van der Waals surface area contributed by atoms with E-state index in [4.69, 9.17) is 5.73 Å². The second-order valence-electron chi connectivity index (χ2n) is 4.63. The summed E-state index contributed by atoms with van der Waals surface area (Å²) in [6.07, 6.45) is -4.40. The summed E-state index contributed by atoms with van der Waals surface area (Å²) < 4.78 is 37.8. The van der Waals surface area contributed by atoms with Gasteiger partial charge in [0, 0.05) is 6.07 Å². The minimum atomic E-state index is -4.40. The molecule has 0 saturated heterocycles. The van der Waals surface area contributed by atoms with Crippen molar-refractivity contribution < 1.29 is 13.2 Å². The number of hydrogen-bond acceptors (Lipinski definition) is 1. The lowest BCUT2D eigenvalue weighted by Crippen LogP contribution is -2.35. The van der Waals surface area contributed by atoms with Gasteiger partial charge in [0.15, 0.2) is 0 Å². The number of benzene rings is 1. The minimum absolute atomic E-state index is 0.0954. The van der Waals surface area contributed by atoms with Gasteiger partial charge in [-0.1, -0.05) is 12.1 Å². The summed E-state index contributed by atoms with van der Waals surface area (Å²) in [5, 5.41) is 0. The number of nitrogens with zero attached hydrogens (tertiary/aromatic N) is 1. The highest BCUT2D eigenvalue weighted by atomic mass is 19.4. The van der Waals surface area contributed by atoms with Crippen molar-refractivity contribution in [3.05, 3.63) is 29.8 Å². The van der Waals surface area contributed by atoms with Crippen molar-refractivity contribution >= 4 is 5.69 Å². The maximum absolute atomic E-state index is 12.4. The molecule has 0 radical (unpaired) electrons. The second-order valence-corrected chi connectivity index (χ2v) is 4.63. The first-order valence-corrected chi connectivity index (χ1v) is 4.86. The third-order valence-electron chi connectivity index (χ3n) is 2.36. The fraction of sp³-hybridized carbons (Fsp3) is 0.455. The van der Waals surface area contributed by atoms with Gasteiger partial charge in [-0.15, -0.1) is 0 Å². The smallest absolute Gasteiger partial charge is 0.316 e. The van der Waals surface area contributed by atoms with Crippen molar-refractivity contribution in [2.45, 2.75) is 12.2 Å². The molecule has 1 atom stereocenters. The summed E-state index contributed by atoms with van der Waals surface area (Å²) >= 11 is 0. The monoisotopic (exact) mass is 233 g/mol. The Hall–Kier alpha value is -1.07. The Bertz CT molecular complexity index is 366. The summed E-state index contributed by atoms with van der Waals surface area (Å²) in [5.74, 6) is 0. The molecule has 0 aliphatic rings. The van der Waals surface area contributed by atoms with Crippen LogP contribution in [0.1, 0.15) is 11.6 Å². The van der Waals surface area contributed by atoms with Gasteiger partial charge in [0.25, 0.3) is 0 Å². The van der Waals surface area contributed by atoms with Crippen molar-refractivity contribution in [1.29, 1.82) is 0 Å². The van der Waals surface area contributed by atoms with E-state index < -0.39 is 12.2 Å². The number of halogens is 3. The maximum Gasteiger partial charge on any atom is 0.407 e. The molecule has 0 aromatic heterocycles. The molecular formula is C11H16F3N2+. The SMILES string of the molecule is C[N+](C)(C)c1cccc(C(N)C(F)(F)F)c1. The van der Waals surface area contributed by atoms with Crippen molar-refractivity contribution in [1.82, 2.24) is 4.48 Å². The molecule has 0 saturated carbocycles. The Kier molecular flexibility index (Phi) is 3.30. The Morgan fingerprint density at radius 1 is 1.19 bits per heavy atom. The van der Waals surface area contributed by atoms with Crippen LogP contribution in [0.2, 0.25) is 0 Å². The molecule has 1 rings (SSSR count). The maximum atomic E-state index is 12.4. The predicted octanol–water partition coefficient (Wildman–Crippen LogP) is 2.45. The number of nitrogens with two attached hydrogens (primary N) is 1. The third kappa shape index (κ3) is 2.96. The molecule has 1 aromatic carbocycles. The van der Waals surface area contributed by atoms with Gasteiger partial charge in [-0.3, -0.25) is 4.48 Å². The molecule has 0 aliphatic heterocycles. The summed E-state index contributed by atoms with van der Waals surface area (Å²) in [4.78, 5) is 0. The highest BCUT2D eigenvalue weighted by Gasteiger charge is 2.38. The van der Waals surface area contributed by atoms with E-state index in [0.717, 1.165) is 5.69 Å². The van der Waals surface area contributed by atoms with Gasteiger partial charge in [-0.2, -0.15) is 13.2 Å². The summed E-state index contributed by atoms with van der Waals surface area (Å²) in [6.45, 7) is 0. The standard InChI is InChI=1S/C11H16F3N2/c1-16(2,3)9-6-4-5-8(7-9)10(15)11(12,13)14/h4-7,10H,15H2,1-3H3/q+1. The van der Waals surface area contributed by atoms with Gasteiger partial charge < -0.3 is 5.73 Å². The van der Waals surface area contributed by atoms with Crippen LogP contribution in [0.5, 0.6) is 0 Å². The second kappa shape index (κ2) is 4.07. The normalized spacial score (nSPS) is 14.9. The van der Waals surface area contributed by atoms with E-state index in [-0.39, 0.29) is 5.56 Å². The van der Waals surface area contributed by atoms with Crippen LogP contribution in [0.15, 0.2) is 24.3 Å². The molecule has 0 heterocycles. The Morgan fingerprint density at radius 3 is 2.19 bits per heavy atom. The van der Waals surface area contributed by atoms with Gasteiger partial charge in [-0.05, 0) is 11.6 Å². The fourth-order valence-electron chi connectivity index (χ4n) is 1.32. The fourth-order valence-corrected chi connectivity index (χ4v) is 1.32. The molecule has 1 unspecified atom stereocenters. The number of alkyl halides is 3. The molecule has 0 spiro atoms. The summed E-state index contributed by atoms with van der Waals surface area (Å²) in [5.41, 5.74) is 6.04. The molecule has 16 heavy (non-hydrogen) atoms. The molecule has 0 fully saturated rings. The molecule has 2 nitrogen and oxygen atoms in total. The highest BCUT2D eigenvalue weighted by molar-refractivity contribution is 5.45. The van der Waals surface area contributed by atoms with Crippen LogP contribution >= 0.6 is 0 Å². The van der Waals surface area contributed by atoms with Crippen LogP contribution in [0.4, 0.5) is 18.9 Å². The van der Waals surface area contributed by atoms with E-state index in [2.05, 4.69) is 0 Å². The molecule has 0 bridgehead atoms. The van der Waals surface area contributed by atoms with Gasteiger partial charge in [-0.25, -0.2) is 0 Å². The van der Waals surface area contributed by atoms with Crippen LogP contribution in [-0.4, -0.2) is 27.3 Å². The first kappa shape index (κ1) is 13.0. The topological polar surface area (TPSA) is 26.0 Å². The minimum Gasteiger partial charge on any atom is -0.316 e. The molecule has 1 aromatic rings. The molecule has 5 heteroatoms. The molecule has 0 aliphatic carbocycles. The summed E-state index contributed by atoms with van der Waals surface area (Å²) in [6, 6.07) is 4.36. The first-order valence-electron chi connectivity index (χ1n) is 4.86. The summed E-state index contributed by atoms with van der Waals surface area (Å²) in [7, 11) is 5.66. The Morgan fingerprint density at radius 2 is 1.75 bits per heavy atom. The largest absolute Gasteiger partial charge is 0.407 e. The van der Waals surface area contributed by atoms with Crippen LogP contribution in [0, 0.1) is 0 Å². The van der Waals surface area contributed by atoms with Gasteiger partial charge >= 0.3 is 6.18 Å². The lowest BCUT2D eigenvalue weighted by molar-refractivity contribution is -0.149. The first-order chi connectivity index (χ1) is 7.12. The average molecular weight is 233 g/mol. The van der Waals surface area contributed by atoms with Crippen LogP contribution in [-0.2, 0) is 0 Å². The van der Waals surface area contributed by atoms with E-state index in [1.54, 1.807) is 12.1 Å². The molecule has 2 N–H and O–H groups in total. The van der Waals surface area contributed by atoms with Crippen molar-refractivity contribution in [2.24, 2.45) is 5.73 Å². The quantitative estimate of drug-likeness (QED) is 0.780. The third-order valence-corrected chi connectivity index (χ3v) is 2.36. The van der Waals surface area contributed by atoms with Crippen LogP contribution in [0.3, 0.4) is 0 Å². The molecule has 90 valence electrons. The van der Waals surface area contributed by atoms with E-state index in [0.29, 0.717) is 4.48 Å². The van der Waals surface area contributed by atoms with Gasteiger partial charge in [0.05, 0.1) is 21.1 Å². The van der Waals surface area contributed by atoms with E-state index in [1.807, 2.05) is 21.1 Å². The zero-order valence-electron chi connectivity index (χ0n) is 9.55. The lowest BCUT2D eigenvalue weighted by atomic mass is 10.1. The van der Waals surface area contributed by atoms with Crippen molar-refractivity contribution in [3.8, 4) is 0 Å². The molecular weight excluding hydrogens is 217 g/mol. The van der Waals surface area contributed by atoms with Gasteiger partial charge in [0.2, 0.25) is 0 Å². The zero-order valence-corrected chi connectivity index (χ0v) is 9.55. The molecule has 0 amide bonds. The van der Waals surface area contributed by atoms with Crippen molar-refractivity contribution in [3.63, 3.8) is 0 Å². The highest BCUT2D eigenvalue weighted by Crippen LogP contribution is 2.32. The van der Waals surface area contributed by atoms with E-state index >= 15 is 0 Å². The average Bonchev–Trinajstić information content (AvgIpc) is 2.14. The number of quaternary nitrogens is 1. The van der Waals surface area contributed by atoms with E-state index in [1.165, 1.54) is 12.1 Å². The lowest BCUT2D eigenvalue weighted by Gasteiger charge is -2.25. The Labute approximate surface area is 93.1 Å². The van der Waals surface area contributed by atoms with Gasteiger partial charge in [0.1, 0.15) is 11.7 Å². The van der Waals surface area contributed by atoms with Crippen LogP contribution in [0.25, 0.3) is 0 Å². The Balaban J connectivity index is 3.09. The van der Waals surface area contributed by atoms with Crippen LogP contribution < -0.4 is 10.2 Å². The number of rotatable bonds is 2.